The molecule has 0 spiro atoms. The molecule has 24 heavy (non-hydrogen) atoms. The molecule has 1 aliphatic carbocycles. The van der Waals surface area contributed by atoms with Crippen LogP contribution in [0.2, 0.25) is 0 Å². The number of halogens is 2. The highest BCUT2D eigenvalue weighted by Gasteiger charge is 2.24. The van der Waals surface area contributed by atoms with Crippen molar-refractivity contribution in [2.24, 2.45) is 5.92 Å². The summed E-state index contributed by atoms with van der Waals surface area (Å²) in [6, 6.07) is 1.92. The zero-order valence-electron chi connectivity index (χ0n) is 13.3. The molecule has 3 atom stereocenters. The Hall–Kier alpha value is -2.28. The number of rotatable bonds is 6. The summed E-state index contributed by atoms with van der Waals surface area (Å²) in [6.07, 6.45) is 4.05. The standard InChI is InChI=1S/C17H20F2N2O3/c1-10(23)20-16(14-5-3-12(18)7-15(14)19)8-17(24)21-13-4-2-11(6-13)9-22/h2-5,7,11,13,16,22H,6,8-9H2,1H3,(H,20,23)(H,21,24)/t11-,13+,16?/m0/s1. The molecule has 2 amide bonds. The first kappa shape index (κ1) is 18.1. The van der Waals surface area contributed by atoms with Crippen molar-refractivity contribution in [1.82, 2.24) is 10.6 Å². The van der Waals surface area contributed by atoms with E-state index in [1.54, 1.807) is 6.08 Å². The monoisotopic (exact) mass is 338 g/mol. The van der Waals surface area contributed by atoms with Gasteiger partial charge in [-0.05, 0) is 12.5 Å². The van der Waals surface area contributed by atoms with Gasteiger partial charge < -0.3 is 15.7 Å². The largest absolute Gasteiger partial charge is 0.396 e. The van der Waals surface area contributed by atoms with Crippen LogP contribution in [0.4, 0.5) is 8.78 Å². The Bertz CT molecular complexity index is 649. The van der Waals surface area contributed by atoms with Crippen LogP contribution in [0, 0.1) is 17.6 Å². The van der Waals surface area contributed by atoms with E-state index in [0.717, 1.165) is 6.07 Å². The molecular formula is C17H20F2N2O3. The van der Waals surface area contributed by atoms with Gasteiger partial charge >= 0.3 is 0 Å². The zero-order valence-corrected chi connectivity index (χ0v) is 13.3. The predicted molar refractivity (Wildman–Crippen MR) is 83.8 cm³/mol. The molecule has 0 aliphatic heterocycles. The Labute approximate surface area is 138 Å². The number of carbonyl (C=O) groups excluding carboxylic acids is 2. The van der Waals surface area contributed by atoms with Crippen molar-refractivity contribution in [3.8, 4) is 0 Å². The SMILES string of the molecule is CC(=O)NC(CC(=O)N[C@@H]1C=C[C@H](CO)C1)c1ccc(F)cc1F. The molecule has 0 radical (unpaired) electrons. The van der Waals surface area contributed by atoms with Crippen LogP contribution in [0.3, 0.4) is 0 Å². The van der Waals surface area contributed by atoms with Crippen LogP contribution in [0.1, 0.15) is 31.4 Å². The Kier molecular flexibility index (Phi) is 6.03. The molecule has 1 aliphatic rings. The second-order valence-electron chi connectivity index (χ2n) is 5.86. The van der Waals surface area contributed by atoms with Gasteiger partial charge in [-0.15, -0.1) is 0 Å². The highest BCUT2D eigenvalue weighted by atomic mass is 19.1. The fraction of sp³-hybridized carbons (Fsp3) is 0.412. The molecular weight excluding hydrogens is 318 g/mol. The first-order valence-electron chi connectivity index (χ1n) is 7.69. The normalized spacial score (nSPS) is 20.7. The van der Waals surface area contributed by atoms with E-state index in [1.807, 2.05) is 6.08 Å². The van der Waals surface area contributed by atoms with E-state index in [2.05, 4.69) is 10.6 Å². The summed E-state index contributed by atoms with van der Waals surface area (Å²) in [4.78, 5) is 23.5. The van der Waals surface area contributed by atoms with Gasteiger partial charge in [-0.25, -0.2) is 8.78 Å². The average molecular weight is 338 g/mol. The highest BCUT2D eigenvalue weighted by Crippen LogP contribution is 2.22. The van der Waals surface area contributed by atoms with Gasteiger partial charge in [-0.2, -0.15) is 0 Å². The Morgan fingerprint density at radius 1 is 1.33 bits per heavy atom. The number of benzene rings is 1. The van der Waals surface area contributed by atoms with Crippen molar-refractivity contribution in [1.29, 1.82) is 0 Å². The lowest BCUT2D eigenvalue weighted by Gasteiger charge is -2.20. The summed E-state index contributed by atoms with van der Waals surface area (Å²) < 4.78 is 27.0. The maximum atomic E-state index is 13.9. The van der Waals surface area contributed by atoms with Crippen LogP contribution in [0.15, 0.2) is 30.4 Å². The summed E-state index contributed by atoms with van der Waals surface area (Å²) in [5.74, 6) is -2.32. The van der Waals surface area contributed by atoms with Crippen molar-refractivity contribution >= 4 is 11.8 Å². The fourth-order valence-corrected chi connectivity index (χ4v) is 2.74. The summed E-state index contributed by atoms with van der Waals surface area (Å²) in [7, 11) is 0. The lowest BCUT2D eigenvalue weighted by Crippen LogP contribution is -2.37. The van der Waals surface area contributed by atoms with Gasteiger partial charge in [0.15, 0.2) is 0 Å². The van der Waals surface area contributed by atoms with E-state index < -0.39 is 23.6 Å². The van der Waals surface area contributed by atoms with Crippen molar-refractivity contribution < 1.29 is 23.5 Å². The minimum Gasteiger partial charge on any atom is -0.396 e. The fourth-order valence-electron chi connectivity index (χ4n) is 2.74. The smallest absolute Gasteiger partial charge is 0.222 e. The highest BCUT2D eigenvalue weighted by molar-refractivity contribution is 5.79. The summed E-state index contributed by atoms with van der Waals surface area (Å²) in [6.45, 7) is 1.27. The first-order chi connectivity index (χ1) is 11.4. The second-order valence-corrected chi connectivity index (χ2v) is 5.86. The third-order valence-corrected chi connectivity index (χ3v) is 3.86. The molecule has 0 aromatic heterocycles. The Morgan fingerprint density at radius 2 is 2.08 bits per heavy atom. The van der Waals surface area contributed by atoms with Gasteiger partial charge in [0.2, 0.25) is 11.8 Å². The number of aliphatic hydroxyl groups excluding tert-OH is 1. The molecule has 7 heteroatoms. The minimum absolute atomic E-state index is 0.0102. The van der Waals surface area contributed by atoms with Crippen LogP contribution in [-0.2, 0) is 9.59 Å². The maximum Gasteiger partial charge on any atom is 0.222 e. The van der Waals surface area contributed by atoms with E-state index in [0.29, 0.717) is 12.5 Å². The first-order valence-corrected chi connectivity index (χ1v) is 7.69. The lowest BCUT2D eigenvalue weighted by molar-refractivity contribution is -0.123. The molecule has 3 N–H and O–H groups in total. The molecule has 0 fully saturated rings. The lowest BCUT2D eigenvalue weighted by atomic mass is 10.0. The van der Waals surface area contributed by atoms with Gasteiger partial charge in [0.1, 0.15) is 11.6 Å². The van der Waals surface area contributed by atoms with Gasteiger partial charge in [0, 0.05) is 37.1 Å². The molecule has 2 rings (SSSR count). The van der Waals surface area contributed by atoms with Gasteiger partial charge in [0.25, 0.3) is 0 Å². The average Bonchev–Trinajstić information content (AvgIpc) is 2.93. The van der Waals surface area contributed by atoms with E-state index in [4.69, 9.17) is 5.11 Å². The quantitative estimate of drug-likeness (QED) is 0.689. The summed E-state index contributed by atoms with van der Waals surface area (Å²) >= 11 is 0. The summed E-state index contributed by atoms with van der Waals surface area (Å²) in [5.41, 5.74) is 0.0527. The second kappa shape index (κ2) is 8.01. The summed E-state index contributed by atoms with van der Waals surface area (Å²) in [5, 5.41) is 14.4. The van der Waals surface area contributed by atoms with E-state index in [9.17, 15) is 18.4 Å². The number of nitrogens with one attached hydrogen (secondary N) is 2. The van der Waals surface area contributed by atoms with Gasteiger partial charge in [0.05, 0.1) is 12.5 Å². The van der Waals surface area contributed by atoms with E-state index in [1.165, 1.54) is 13.0 Å². The number of aliphatic hydroxyl groups is 1. The molecule has 0 heterocycles. The third kappa shape index (κ3) is 4.86. The molecule has 0 saturated carbocycles. The van der Waals surface area contributed by atoms with Gasteiger partial charge in [-0.3, -0.25) is 9.59 Å². The number of hydrogen-bond donors (Lipinski definition) is 3. The number of amides is 2. The topological polar surface area (TPSA) is 78.4 Å². The van der Waals surface area contributed by atoms with Crippen molar-refractivity contribution in [3.05, 3.63) is 47.5 Å². The van der Waals surface area contributed by atoms with Crippen LogP contribution < -0.4 is 10.6 Å². The van der Waals surface area contributed by atoms with Crippen molar-refractivity contribution in [2.45, 2.75) is 31.8 Å². The van der Waals surface area contributed by atoms with Crippen LogP contribution in [0.5, 0.6) is 0 Å². The molecule has 1 unspecified atom stereocenters. The van der Waals surface area contributed by atoms with Crippen LogP contribution in [-0.4, -0.2) is 29.6 Å². The van der Waals surface area contributed by atoms with E-state index >= 15 is 0 Å². The molecule has 0 bridgehead atoms. The molecule has 1 aromatic carbocycles. The molecule has 130 valence electrons. The van der Waals surface area contributed by atoms with Crippen LogP contribution >= 0.6 is 0 Å². The number of hydrogen-bond acceptors (Lipinski definition) is 3. The molecule has 5 nitrogen and oxygen atoms in total. The van der Waals surface area contributed by atoms with Crippen molar-refractivity contribution in [2.75, 3.05) is 6.61 Å². The Balaban J connectivity index is 2.04. The van der Waals surface area contributed by atoms with Gasteiger partial charge in [-0.1, -0.05) is 18.2 Å². The third-order valence-electron chi connectivity index (χ3n) is 3.86. The zero-order chi connectivity index (χ0) is 17.7. The molecule has 1 aromatic rings. The van der Waals surface area contributed by atoms with E-state index in [-0.39, 0.29) is 36.5 Å². The number of carbonyl (C=O) groups is 2. The Morgan fingerprint density at radius 3 is 2.67 bits per heavy atom. The molecule has 0 saturated heterocycles. The van der Waals surface area contributed by atoms with Crippen molar-refractivity contribution in [3.63, 3.8) is 0 Å². The maximum absolute atomic E-state index is 13.9. The minimum atomic E-state index is -0.887. The van der Waals surface area contributed by atoms with Crippen LogP contribution in [0.25, 0.3) is 0 Å². The predicted octanol–water partition coefficient (Wildman–Crippen LogP) is 1.59.